The number of ether oxygens (including phenoxy) is 1. The van der Waals surface area contributed by atoms with Crippen molar-refractivity contribution in [1.29, 1.82) is 0 Å². The summed E-state index contributed by atoms with van der Waals surface area (Å²) < 4.78 is 5.34. The zero-order valence-corrected chi connectivity index (χ0v) is 13.2. The molecule has 0 bridgehead atoms. The predicted octanol–water partition coefficient (Wildman–Crippen LogP) is 1.26. The van der Waals surface area contributed by atoms with E-state index in [2.05, 4.69) is 15.3 Å². The Balaban J connectivity index is 1.77. The number of nitrogens with one attached hydrogen (secondary N) is 1. The second-order valence-corrected chi connectivity index (χ2v) is 6.31. The first-order valence-corrected chi connectivity index (χ1v) is 7.36. The second-order valence-electron chi connectivity index (χ2n) is 6.31. The highest BCUT2D eigenvalue weighted by Gasteiger charge is 2.29. The van der Waals surface area contributed by atoms with Gasteiger partial charge in [0.05, 0.1) is 12.7 Å². The fourth-order valence-corrected chi connectivity index (χ4v) is 2.19. The van der Waals surface area contributed by atoms with Crippen LogP contribution in [0.15, 0.2) is 18.6 Å². The van der Waals surface area contributed by atoms with Crippen LogP contribution in [0.25, 0.3) is 0 Å². The number of carbonyl (C=O) groups is 2. The van der Waals surface area contributed by atoms with Gasteiger partial charge in [0, 0.05) is 31.5 Å². The van der Waals surface area contributed by atoms with Crippen LogP contribution >= 0.6 is 0 Å². The zero-order valence-electron chi connectivity index (χ0n) is 13.2. The largest absolute Gasteiger partial charge is 0.444 e. The van der Waals surface area contributed by atoms with Crippen molar-refractivity contribution in [2.24, 2.45) is 0 Å². The smallest absolute Gasteiger partial charge is 0.410 e. The van der Waals surface area contributed by atoms with E-state index in [1.54, 1.807) is 4.90 Å². The van der Waals surface area contributed by atoms with Crippen molar-refractivity contribution in [2.45, 2.75) is 38.8 Å². The van der Waals surface area contributed by atoms with Crippen molar-refractivity contribution in [3.8, 4) is 0 Å². The fourth-order valence-electron chi connectivity index (χ4n) is 2.19. The van der Waals surface area contributed by atoms with Crippen LogP contribution in [-0.4, -0.2) is 58.0 Å². The molecule has 1 fully saturated rings. The highest BCUT2D eigenvalue weighted by atomic mass is 16.6. The van der Waals surface area contributed by atoms with E-state index in [0.717, 1.165) is 6.42 Å². The van der Waals surface area contributed by atoms with E-state index in [1.165, 1.54) is 18.6 Å². The number of hydrogen-bond acceptors (Lipinski definition) is 6. The molecule has 0 aliphatic carbocycles. The molecule has 22 heavy (non-hydrogen) atoms. The van der Waals surface area contributed by atoms with Gasteiger partial charge in [-0.2, -0.15) is 0 Å². The average Bonchev–Trinajstić information content (AvgIpc) is 2.93. The van der Waals surface area contributed by atoms with Crippen molar-refractivity contribution in [3.63, 3.8) is 0 Å². The maximum Gasteiger partial charge on any atom is 0.410 e. The van der Waals surface area contributed by atoms with Crippen LogP contribution in [-0.2, 0) is 4.74 Å². The average molecular weight is 306 g/mol. The molecule has 1 amide bonds. The van der Waals surface area contributed by atoms with Crippen LogP contribution in [0, 0.1) is 0 Å². The van der Waals surface area contributed by atoms with Gasteiger partial charge in [-0.1, -0.05) is 0 Å². The molecule has 120 valence electrons. The Kier molecular flexibility index (Phi) is 5.07. The molecule has 0 saturated carbocycles. The molecule has 2 rings (SSSR count). The molecule has 7 nitrogen and oxygen atoms in total. The quantitative estimate of drug-likeness (QED) is 0.843. The third-order valence-corrected chi connectivity index (χ3v) is 3.24. The Morgan fingerprint density at radius 1 is 1.41 bits per heavy atom. The lowest BCUT2D eigenvalue weighted by Gasteiger charge is -2.24. The van der Waals surface area contributed by atoms with Crippen molar-refractivity contribution < 1.29 is 14.3 Å². The molecule has 1 aliphatic rings. The van der Waals surface area contributed by atoms with Crippen LogP contribution in [0.4, 0.5) is 4.79 Å². The van der Waals surface area contributed by atoms with Crippen LogP contribution in [0.2, 0.25) is 0 Å². The van der Waals surface area contributed by atoms with E-state index in [1.807, 2.05) is 20.8 Å². The van der Waals surface area contributed by atoms with E-state index >= 15 is 0 Å². The van der Waals surface area contributed by atoms with E-state index in [4.69, 9.17) is 4.74 Å². The lowest BCUT2D eigenvalue weighted by atomic mass is 10.2. The van der Waals surface area contributed by atoms with Crippen molar-refractivity contribution in [2.75, 3.05) is 19.6 Å². The Hall–Kier alpha value is -2.02. The molecular formula is C15H22N4O3. The summed E-state index contributed by atoms with van der Waals surface area (Å²) in [5, 5.41) is 3.16. The Bertz CT molecular complexity index is 527. The first-order chi connectivity index (χ1) is 10.3. The van der Waals surface area contributed by atoms with Crippen molar-refractivity contribution in [3.05, 3.63) is 24.3 Å². The highest BCUT2D eigenvalue weighted by Crippen LogP contribution is 2.15. The zero-order chi connectivity index (χ0) is 16.2. The van der Waals surface area contributed by atoms with Gasteiger partial charge in [0.1, 0.15) is 11.3 Å². The molecule has 0 spiro atoms. The summed E-state index contributed by atoms with van der Waals surface area (Å²) in [7, 11) is 0. The Morgan fingerprint density at radius 3 is 2.82 bits per heavy atom. The van der Waals surface area contributed by atoms with Gasteiger partial charge in [-0.05, 0) is 27.2 Å². The third kappa shape index (κ3) is 4.77. The topological polar surface area (TPSA) is 84.4 Å². The van der Waals surface area contributed by atoms with E-state index in [9.17, 15) is 9.59 Å². The minimum Gasteiger partial charge on any atom is -0.444 e. The minimum absolute atomic E-state index is 0.0909. The number of aromatic nitrogens is 2. The fraction of sp³-hybridized carbons (Fsp3) is 0.600. The summed E-state index contributed by atoms with van der Waals surface area (Å²) in [6.07, 6.45) is 4.96. The Labute approximate surface area is 130 Å². The van der Waals surface area contributed by atoms with Crippen molar-refractivity contribution in [1.82, 2.24) is 20.2 Å². The second kappa shape index (κ2) is 6.83. The van der Waals surface area contributed by atoms with Gasteiger partial charge in [-0.25, -0.2) is 9.78 Å². The minimum atomic E-state index is -0.495. The molecule has 0 radical (unpaired) electrons. The van der Waals surface area contributed by atoms with Gasteiger partial charge in [0.2, 0.25) is 0 Å². The van der Waals surface area contributed by atoms with Crippen LogP contribution in [0.5, 0.6) is 0 Å². The van der Waals surface area contributed by atoms with Gasteiger partial charge < -0.3 is 15.0 Å². The molecule has 0 aromatic carbocycles. The summed E-state index contributed by atoms with van der Waals surface area (Å²) >= 11 is 0. The molecule has 7 heteroatoms. The molecule has 1 aliphatic heterocycles. The monoisotopic (exact) mass is 306 g/mol. The van der Waals surface area contributed by atoms with E-state index < -0.39 is 5.60 Å². The summed E-state index contributed by atoms with van der Waals surface area (Å²) in [6.45, 7) is 6.89. The number of ketones is 1. The van der Waals surface area contributed by atoms with Crippen molar-refractivity contribution >= 4 is 11.9 Å². The number of amides is 1. The van der Waals surface area contributed by atoms with Gasteiger partial charge in [0.25, 0.3) is 0 Å². The lowest BCUT2D eigenvalue weighted by Crippen LogP contribution is -2.39. The van der Waals surface area contributed by atoms with Gasteiger partial charge in [-0.3, -0.25) is 9.78 Å². The summed E-state index contributed by atoms with van der Waals surface area (Å²) in [4.78, 5) is 33.4. The summed E-state index contributed by atoms with van der Waals surface area (Å²) in [6, 6.07) is 0.0909. The number of rotatable bonds is 4. The highest BCUT2D eigenvalue weighted by molar-refractivity contribution is 5.95. The van der Waals surface area contributed by atoms with Gasteiger partial charge in [-0.15, -0.1) is 0 Å². The molecule has 0 unspecified atom stereocenters. The molecule has 1 N–H and O–H groups in total. The van der Waals surface area contributed by atoms with Gasteiger partial charge >= 0.3 is 6.09 Å². The van der Waals surface area contributed by atoms with Crippen LogP contribution < -0.4 is 5.32 Å². The van der Waals surface area contributed by atoms with E-state index in [0.29, 0.717) is 18.8 Å². The first kappa shape index (κ1) is 16.4. The van der Waals surface area contributed by atoms with Gasteiger partial charge in [0.15, 0.2) is 5.78 Å². The standard InChI is InChI=1S/C15H22N4O3/c1-15(2,3)22-14(21)19-7-4-11(10-19)18-9-13(20)12-8-16-5-6-17-12/h5-6,8,11,18H,4,7,9-10H2,1-3H3/t11-/m0/s1. The number of Topliss-reactive ketones (excluding diaryl/α,β-unsaturated/α-hetero) is 1. The number of hydrogen-bond donors (Lipinski definition) is 1. The predicted molar refractivity (Wildman–Crippen MR) is 80.6 cm³/mol. The van der Waals surface area contributed by atoms with E-state index in [-0.39, 0.29) is 24.5 Å². The lowest BCUT2D eigenvalue weighted by molar-refractivity contribution is 0.0291. The normalized spacial score (nSPS) is 18.3. The molecule has 1 aromatic heterocycles. The number of carbonyl (C=O) groups excluding carboxylic acids is 2. The maximum atomic E-state index is 12.0. The first-order valence-electron chi connectivity index (χ1n) is 7.36. The Morgan fingerprint density at radius 2 is 2.18 bits per heavy atom. The molecule has 1 saturated heterocycles. The number of likely N-dealkylation sites (tertiary alicyclic amines) is 1. The molecular weight excluding hydrogens is 284 g/mol. The van der Waals surface area contributed by atoms with Crippen LogP contribution in [0.1, 0.15) is 37.7 Å². The maximum absolute atomic E-state index is 12.0. The molecule has 1 aromatic rings. The SMILES string of the molecule is CC(C)(C)OC(=O)N1CC[C@H](NCC(=O)c2cnccn2)C1. The summed E-state index contributed by atoms with van der Waals surface area (Å²) in [5.74, 6) is -0.108. The molecule has 2 heterocycles. The third-order valence-electron chi connectivity index (χ3n) is 3.24. The van der Waals surface area contributed by atoms with Crippen LogP contribution in [0.3, 0.4) is 0 Å². The molecule has 1 atom stereocenters. The summed E-state index contributed by atoms with van der Waals surface area (Å²) in [5.41, 5.74) is -0.151. The number of nitrogens with zero attached hydrogens (tertiary/aromatic N) is 3.